The Labute approximate surface area is 117 Å². The topological polar surface area (TPSA) is 52.3 Å². The number of benzene rings is 2. The van der Waals surface area contributed by atoms with Crippen LogP contribution >= 0.6 is 0 Å². The van der Waals surface area contributed by atoms with Crippen molar-refractivity contribution in [3.8, 4) is 5.75 Å². The lowest BCUT2D eigenvalue weighted by molar-refractivity contribution is 0.0786. The Morgan fingerprint density at radius 2 is 1.75 bits per heavy atom. The molecule has 2 N–H and O–H groups in total. The van der Waals surface area contributed by atoms with Crippen molar-refractivity contribution in [2.24, 2.45) is 0 Å². The van der Waals surface area contributed by atoms with E-state index in [4.69, 9.17) is 10.5 Å². The smallest absolute Gasteiger partial charge is 0.203 e. The molecule has 0 aliphatic rings. The van der Waals surface area contributed by atoms with Gasteiger partial charge in [0.1, 0.15) is 11.6 Å². The first kappa shape index (κ1) is 14.1. The molecule has 3 nitrogen and oxygen atoms in total. The third-order valence-electron chi connectivity index (χ3n) is 2.95. The Bertz CT molecular complexity index is 578. The molecule has 4 heteroatoms. The molecule has 0 aliphatic heterocycles. The Balaban J connectivity index is 2.13. The number of carbonyl (C=O) groups excluding carboxylic acids is 1. The van der Waals surface area contributed by atoms with Gasteiger partial charge in [-0.3, -0.25) is 4.79 Å². The molecule has 0 bridgehead atoms. The van der Waals surface area contributed by atoms with Gasteiger partial charge in [-0.2, -0.15) is 0 Å². The van der Waals surface area contributed by atoms with Gasteiger partial charge in [-0.25, -0.2) is 4.39 Å². The summed E-state index contributed by atoms with van der Waals surface area (Å²) < 4.78 is 18.5. The van der Waals surface area contributed by atoms with Gasteiger partial charge < -0.3 is 10.5 Å². The van der Waals surface area contributed by atoms with Gasteiger partial charge in [0.05, 0.1) is 0 Å². The second-order valence-electron chi connectivity index (χ2n) is 4.45. The molecule has 1 unspecified atom stereocenters. The van der Waals surface area contributed by atoms with Crippen molar-refractivity contribution in [2.45, 2.75) is 19.4 Å². The SMILES string of the molecule is CCC(Oc1ccc(N)cc1)C(=O)c1ccc(F)cc1. The summed E-state index contributed by atoms with van der Waals surface area (Å²) in [7, 11) is 0. The van der Waals surface area contributed by atoms with Crippen LogP contribution in [0, 0.1) is 5.82 Å². The van der Waals surface area contributed by atoms with Crippen LogP contribution in [0.15, 0.2) is 48.5 Å². The van der Waals surface area contributed by atoms with E-state index in [2.05, 4.69) is 0 Å². The summed E-state index contributed by atoms with van der Waals surface area (Å²) in [5, 5.41) is 0. The number of halogens is 1. The van der Waals surface area contributed by atoms with Crippen LogP contribution in [0.5, 0.6) is 5.75 Å². The molecule has 104 valence electrons. The summed E-state index contributed by atoms with van der Waals surface area (Å²) in [5.74, 6) is 0.0555. The first-order chi connectivity index (χ1) is 9.60. The minimum atomic E-state index is -0.593. The quantitative estimate of drug-likeness (QED) is 0.670. The Kier molecular flexibility index (Phi) is 4.35. The summed E-state index contributed by atoms with van der Waals surface area (Å²) >= 11 is 0. The van der Waals surface area contributed by atoms with E-state index >= 15 is 0 Å². The molecule has 2 rings (SSSR count). The van der Waals surface area contributed by atoms with Crippen LogP contribution in [-0.2, 0) is 0 Å². The van der Waals surface area contributed by atoms with Crippen molar-refractivity contribution in [1.29, 1.82) is 0 Å². The fourth-order valence-corrected chi connectivity index (χ4v) is 1.83. The lowest BCUT2D eigenvalue weighted by atomic mass is 10.0. The average Bonchev–Trinajstić information content (AvgIpc) is 2.47. The lowest BCUT2D eigenvalue weighted by Crippen LogP contribution is -2.26. The molecule has 0 saturated heterocycles. The standard InChI is InChI=1S/C16H16FNO2/c1-2-15(20-14-9-7-13(18)8-10-14)16(19)11-3-5-12(17)6-4-11/h3-10,15H,2,18H2,1H3. The van der Waals surface area contributed by atoms with Crippen LogP contribution in [0.25, 0.3) is 0 Å². The molecule has 0 aromatic heterocycles. The molecule has 0 heterocycles. The number of nitrogen functional groups attached to an aromatic ring is 1. The van der Waals surface area contributed by atoms with E-state index in [1.54, 1.807) is 24.3 Å². The number of ether oxygens (including phenoxy) is 1. The zero-order valence-corrected chi connectivity index (χ0v) is 11.2. The number of Topliss-reactive ketones (excluding diaryl/α,β-unsaturated/α-hetero) is 1. The molecule has 1 atom stereocenters. The Hall–Kier alpha value is -2.36. The van der Waals surface area contributed by atoms with Crippen molar-refractivity contribution in [1.82, 2.24) is 0 Å². The van der Waals surface area contributed by atoms with Crippen LogP contribution in [-0.4, -0.2) is 11.9 Å². The summed E-state index contributed by atoms with van der Waals surface area (Å²) in [6, 6.07) is 12.3. The Morgan fingerprint density at radius 1 is 1.15 bits per heavy atom. The average molecular weight is 273 g/mol. The fourth-order valence-electron chi connectivity index (χ4n) is 1.83. The van der Waals surface area contributed by atoms with Gasteiger partial charge in [-0.15, -0.1) is 0 Å². The van der Waals surface area contributed by atoms with Gasteiger partial charge in [0.2, 0.25) is 5.78 Å². The summed E-state index contributed by atoms with van der Waals surface area (Å²) in [6.45, 7) is 1.86. The van der Waals surface area contributed by atoms with Gasteiger partial charge in [0.25, 0.3) is 0 Å². The van der Waals surface area contributed by atoms with Crippen molar-refractivity contribution in [3.63, 3.8) is 0 Å². The lowest BCUT2D eigenvalue weighted by Gasteiger charge is -2.16. The van der Waals surface area contributed by atoms with Crippen molar-refractivity contribution in [3.05, 3.63) is 59.9 Å². The molecule has 0 aliphatic carbocycles. The van der Waals surface area contributed by atoms with Crippen LogP contribution < -0.4 is 10.5 Å². The number of hydrogen-bond acceptors (Lipinski definition) is 3. The largest absolute Gasteiger partial charge is 0.482 e. The molecule has 0 fully saturated rings. The summed E-state index contributed by atoms with van der Waals surface area (Å²) in [4.78, 5) is 12.3. The second kappa shape index (κ2) is 6.19. The maximum atomic E-state index is 12.9. The van der Waals surface area contributed by atoms with Crippen LogP contribution in [0.1, 0.15) is 23.7 Å². The molecular weight excluding hydrogens is 257 g/mol. The number of rotatable bonds is 5. The molecule has 2 aromatic carbocycles. The minimum Gasteiger partial charge on any atom is -0.482 e. The van der Waals surface area contributed by atoms with E-state index in [1.807, 2.05) is 6.92 Å². The molecule has 0 saturated carbocycles. The minimum absolute atomic E-state index is 0.163. The van der Waals surface area contributed by atoms with E-state index in [0.717, 1.165) is 0 Å². The van der Waals surface area contributed by atoms with E-state index in [0.29, 0.717) is 23.4 Å². The second-order valence-corrected chi connectivity index (χ2v) is 4.45. The zero-order chi connectivity index (χ0) is 14.5. The van der Waals surface area contributed by atoms with Crippen LogP contribution in [0.2, 0.25) is 0 Å². The number of carbonyl (C=O) groups is 1. The van der Waals surface area contributed by atoms with Gasteiger partial charge >= 0.3 is 0 Å². The van der Waals surface area contributed by atoms with E-state index < -0.39 is 6.10 Å². The molecule has 2 aromatic rings. The number of ketones is 1. The highest BCUT2D eigenvalue weighted by Gasteiger charge is 2.20. The fraction of sp³-hybridized carbons (Fsp3) is 0.188. The predicted octanol–water partition coefficient (Wildman–Crippen LogP) is 3.45. The Morgan fingerprint density at radius 3 is 2.30 bits per heavy atom. The van der Waals surface area contributed by atoms with E-state index in [1.165, 1.54) is 24.3 Å². The van der Waals surface area contributed by atoms with Gasteiger partial charge in [-0.05, 0) is 55.0 Å². The number of hydrogen-bond donors (Lipinski definition) is 1. The highest BCUT2D eigenvalue weighted by molar-refractivity contribution is 5.99. The van der Waals surface area contributed by atoms with E-state index in [9.17, 15) is 9.18 Å². The molecule has 0 spiro atoms. The van der Waals surface area contributed by atoms with Gasteiger partial charge in [0, 0.05) is 11.3 Å². The third kappa shape index (κ3) is 3.35. The van der Waals surface area contributed by atoms with E-state index in [-0.39, 0.29) is 11.6 Å². The maximum Gasteiger partial charge on any atom is 0.203 e. The third-order valence-corrected chi connectivity index (χ3v) is 2.95. The highest BCUT2D eigenvalue weighted by Crippen LogP contribution is 2.18. The number of nitrogens with two attached hydrogens (primary N) is 1. The molecule has 20 heavy (non-hydrogen) atoms. The maximum absolute atomic E-state index is 12.9. The normalized spacial score (nSPS) is 11.9. The highest BCUT2D eigenvalue weighted by atomic mass is 19.1. The van der Waals surface area contributed by atoms with Crippen molar-refractivity contribution >= 4 is 11.5 Å². The molecule has 0 amide bonds. The van der Waals surface area contributed by atoms with Crippen LogP contribution in [0.3, 0.4) is 0 Å². The summed E-state index contributed by atoms with van der Waals surface area (Å²) in [6.07, 6.45) is -0.0651. The number of anilines is 1. The van der Waals surface area contributed by atoms with Crippen molar-refractivity contribution in [2.75, 3.05) is 5.73 Å². The van der Waals surface area contributed by atoms with Gasteiger partial charge in [-0.1, -0.05) is 6.92 Å². The molecular formula is C16H16FNO2. The van der Waals surface area contributed by atoms with Crippen LogP contribution in [0.4, 0.5) is 10.1 Å². The first-order valence-corrected chi connectivity index (χ1v) is 6.42. The first-order valence-electron chi connectivity index (χ1n) is 6.42. The van der Waals surface area contributed by atoms with Gasteiger partial charge in [0.15, 0.2) is 6.10 Å². The molecule has 0 radical (unpaired) electrons. The van der Waals surface area contributed by atoms with Crippen molar-refractivity contribution < 1.29 is 13.9 Å². The monoisotopic (exact) mass is 273 g/mol. The summed E-state index contributed by atoms with van der Waals surface area (Å²) in [5.41, 5.74) is 6.67. The zero-order valence-electron chi connectivity index (χ0n) is 11.2. The predicted molar refractivity (Wildman–Crippen MR) is 76.3 cm³/mol.